The lowest BCUT2D eigenvalue weighted by atomic mass is 9.67. The number of nitrogens with one attached hydrogen (secondary N) is 1. The molecule has 0 radical (unpaired) electrons. The Bertz CT molecular complexity index is 591. The fraction of sp³-hybridized carbons (Fsp3) is 0.533. The Morgan fingerprint density at radius 2 is 1.71 bits per heavy atom. The molecule has 0 saturated carbocycles. The lowest BCUT2D eigenvalue weighted by Gasteiger charge is -2.40. The van der Waals surface area contributed by atoms with Gasteiger partial charge in [-0.3, -0.25) is 9.59 Å². The van der Waals surface area contributed by atoms with Crippen LogP contribution in [-0.2, 0) is 20.1 Å². The summed E-state index contributed by atoms with van der Waals surface area (Å²) in [6.07, 6.45) is 0. The lowest BCUT2D eigenvalue weighted by Crippen LogP contribution is -2.48. The standard InChI is InChI=1S/C15H24N2O3S/c1-14(2,3)15(4,13(16)17)11-20-21(18,19)10-12-8-6-5-7-9-12/h5-9H,10-11H2,1-4H3,(H3,16,17). The zero-order valence-corrected chi connectivity index (χ0v) is 13.8. The minimum Gasteiger partial charge on any atom is -0.387 e. The number of hydrogen-bond acceptors (Lipinski definition) is 4. The van der Waals surface area contributed by atoms with Gasteiger partial charge in [-0.15, -0.1) is 0 Å². The maximum atomic E-state index is 12.1. The molecule has 1 rings (SSSR count). The number of hydrogen-bond donors (Lipinski definition) is 2. The van der Waals surface area contributed by atoms with Crippen molar-refractivity contribution in [3.8, 4) is 0 Å². The molecule has 1 aromatic carbocycles. The van der Waals surface area contributed by atoms with Crippen LogP contribution in [0.15, 0.2) is 30.3 Å². The zero-order valence-electron chi connectivity index (χ0n) is 13.0. The van der Waals surface area contributed by atoms with E-state index >= 15 is 0 Å². The van der Waals surface area contributed by atoms with Crippen LogP contribution in [0.3, 0.4) is 0 Å². The number of nitrogens with two attached hydrogens (primary N) is 1. The molecular weight excluding hydrogens is 288 g/mol. The average Bonchev–Trinajstić information content (AvgIpc) is 2.35. The van der Waals surface area contributed by atoms with Gasteiger partial charge in [-0.25, -0.2) is 0 Å². The highest BCUT2D eigenvalue weighted by atomic mass is 32.2. The van der Waals surface area contributed by atoms with Gasteiger partial charge in [0.05, 0.1) is 17.9 Å². The summed E-state index contributed by atoms with van der Waals surface area (Å²) < 4.78 is 29.3. The molecule has 0 aliphatic heterocycles. The highest BCUT2D eigenvalue weighted by Gasteiger charge is 2.42. The van der Waals surface area contributed by atoms with Gasteiger partial charge in [-0.05, 0) is 17.9 Å². The summed E-state index contributed by atoms with van der Waals surface area (Å²) >= 11 is 0. The SMILES string of the molecule is CC(C)(C)C(C)(COS(=O)(=O)Cc1ccccc1)C(=N)N. The molecule has 0 heterocycles. The first-order valence-corrected chi connectivity index (χ1v) is 8.31. The second-order valence-electron chi connectivity index (χ2n) is 6.45. The third-order valence-corrected chi connectivity index (χ3v) is 5.13. The van der Waals surface area contributed by atoms with Crippen molar-refractivity contribution in [2.75, 3.05) is 6.61 Å². The van der Waals surface area contributed by atoms with E-state index in [1.807, 2.05) is 26.8 Å². The van der Waals surface area contributed by atoms with Crippen molar-refractivity contribution in [2.45, 2.75) is 33.4 Å². The summed E-state index contributed by atoms with van der Waals surface area (Å²) in [6.45, 7) is 7.32. The van der Waals surface area contributed by atoms with Gasteiger partial charge >= 0.3 is 0 Å². The Balaban J connectivity index is 2.83. The maximum Gasteiger partial charge on any atom is 0.271 e. The molecule has 3 N–H and O–H groups in total. The Morgan fingerprint density at radius 1 is 1.19 bits per heavy atom. The molecule has 0 bridgehead atoms. The van der Waals surface area contributed by atoms with Gasteiger partial charge in [0.1, 0.15) is 5.75 Å². The van der Waals surface area contributed by atoms with Gasteiger partial charge in [-0.1, -0.05) is 51.1 Å². The van der Waals surface area contributed by atoms with Crippen molar-refractivity contribution >= 4 is 16.0 Å². The Morgan fingerprint density at radius 3 is 2.14 bits per heavy atom. The van der Waals surface area contributed by atoms with Crippen LogP contribution in [0.5, 0.6) is 0 Å². The molecule has 1 aromatic rings. The van der Waals surface area contributed by atoms with Crippen molar-refractivity contribution in [2.24, 2.45) is 16.6 Å². The van der Waals surface area contributed by atoms with E-state index in [9.17, 15) is 8.42 Å². The van der Waals surface area contributed by atoms with Crippen molar-refractivity contribution < 1.29 is 12.6 Å². The van der Waals surface area contributed by atoms with Crippen LogP contribution in [0.4, 0.5) is 0 Å². The van der Waals surface area contributed by atoms with Crippen LogP contribution < -0.4 is 5.73 Å². The largest absolute Gasteiger partial charge is 0.387 e. The topological polar surface area (TPSA) is 93.2 Å². The second kappa shape index (κ2) is 6.15. The smallest absolute Gasteiger partial charge is 0.271 e. The van der Waals surface area contributed by atoms with Gasteiger partial charge in [0, 0.05) is 0 Å². The fourth-order valence-corrected chi connectivity index (χ4v) is 2.83. The Labute approximate surface area is 127 Å². The van der Waals surface area contributed by atoms with Crippen LogP contribution >= 0.6 is 0 Å². The van der Waals surface area contributed by atoms with E-state index in [4.69, 9.17) is 15.3 Å². The molecule has 0 aliphatic rings. The highest BCUT2D eigenvalue weighted by Crippen LogP contribution is 2.38. The summed E-state index contributed by atoms with van der Waals surface area (Å²) in [5.74, 6) is -0.267. The molecule has 0 saturated heterocycles. The van der Waals surface area contributed by atoms with E-state index in [-0.39, 0.29) is 23.6 Å². The summed E-state index contributed by atoms with van der Waals surface area (Å²) in [6, 6.07) is 8.84. The van der Waals surface area contributed by atoms with Gasteiger partial charge in [0.2, 0.25) is 0 Å². The minimum atomic E-state index is -3.71. The first kappa shape index (κ1) is 17.7. The third kappa shape index (κ3) is 4.54. The third-order valence-electron chi connectivity index (χ3n) is 3.96. The molecule has 1 unspecified atom stereocenters. The summed E-state index contributed by atoms with van der Waals surface area (Å²) in [7, 11) is -3.71. The molecule has 0 fully saturated rings. The summed E-state index contributed by atoms with van der Waals surface area (Å²) in [5, 5.41) is 7.74. The second-order valence-corrected chi connectivity index (χ2v) is 8.09. The maximum absolute atomic E-state index is 12.1. The van der Waals surface area contributed by atoms with Crippen LogP contribution in [0.2, 0.25) is 0 Å². The first-order valence-electron chi connectivity index (χ1n) is 6.73. The molecule has 0 aliphatic carbocycles. The van der Waals surface area contributed by atoms with E-state index in [0.717, 1.165) is 0 Å². The number of amidine groups is 1. The predicted octanol–water partition coefficient (Wildman–Crippen LogP) is 2.52. The van der Waals surface area contributed by atoms with Crippen LogP contribution in [0, 0.1) is 16.2 Å². The van der Waals surface area contributed by atoms with Crippen molar-refractivity contribution in [1.29, 1.82) is 5.41 Å². The average molecular weight is 312 g/mol. The number of rotatable bonds is 6. The van der Waals surface area contributed by atoms with Crippen LogP contribution in [0.25, 0.3) is 0 Å². The fourth-order valence-electron chi connectivity index (χ4n) is 1.73. The quantitative estimate of drug-likeness (QED) is 0.479. The highest BCUT2D eigenvalue weighted by molar-refractivity contribution is 7.85. The molecule has 0 spiro atoms. The Hall–Kier alpha value is -1.40. The van der Waals surface area contributed by atoms with Crippen LogP contribution in [0.1, 0.15) is 33.3 Å². The predicted molar refractivity (Wildman–Crippen MR) is 84.5 cm³/mol. The van der Waals surface area contributed by atoms with E-state index in [2.05, 4.69) is 0 Å². The summed E-state index contributed by atoms with van der Waals surface area (Å²) in [5.41, 5.74) is 5.07. The molecule has 0 amide bonds. The van der Waals surface area contributed by atoms with E-state index < -0.39 is 15.5 Å². The zero-order chi connectivity index (χ0) is 16.3. The van der Waals surface area contributed by atoms with Gasteiger partial charge in [0.15, 0.2) is 0 Å². The van der Waals surface area contributed by atoms with Gasteiger partial charge in [-0.2, -0.15) is 8.42 Å². The molecule has 6 heteroatoms. The molecule has 21 heavy (non-hydrogen) atoms. The monoisotopic (exact) mass is 312 g/mol. The van der Waals surface area contributed by atoms with Crippen LogP contribution in [-0.4, -0.2) is 20.9 Å². The number of benzene rings is 1. The molecule has 1 atom stereocenters. The van der Waals surface area contributed by atoms with E-state index in [1.54, 1.807) is 31.2 Å². The van der Waals surface area contributed by atoms with E-state index in [0.29, 0.717) is 5.56 Å². The minimum absolute atomic E-state index is 0.0788. The van der Waals surface area contributed by atoms with Crippen molar-refractivity contribution in [1.82, 2.24) is 0 Å². The first-order chi connectivity index (χ1) is 9.48. The lowest BCUT2D eigenvalue weighted by molar-refractivity contribution is 0.111. The van der Waals surface area contributed by atoms with Crippen molar-refractivity contribution in [3.63, 3.8) is 0 Å². The Kier molecular flexibility index (Phi) is 5.17. The molecule has 118 valence electrons. The molecule has 0 aromatic heterocycles. The molecule has 5 nitrogen and oxygen atoms in total. The normalized spacial score (nSPS) is 15.4. The van der Waals surface area contributed by atoms with Gasteiger partial charge in [0.25, 0.3) is 10.1 Å². The summed E-state index contributed by atoms with van der Waals surface area (Å²) in [4.78, 5) is 0. The van der Waals surface area contributed by atoms with Crippen molar-refractivity contribution in [3.05, 3.63) is 35.9 Å². The molecular formula is C15H24N2O3S. The van der Waals surface area contributed by atoms with Gasteiger partial charge < -0.3 is 5.73 Å². The van der Waals surface area contributed by atoms with E-state index in [1.165, 1.54) is 0 Å².